The van der Waals surface area contributed by atoms with Crippen LogP contribution >= 0.6 is 0 Å². The van der Waals surface area contributed by atoms with Crippen LogP contribution in [0, 0.1) is 11.8 Å². The van der Waals surface area contributed by atoms with Crippen LogP contribution in [0.5, 0.6) is 0 Å². The van der Waals surface area contributed by atoms with Crippen molar-refractivity contribution < 1.29 is 29.9 Å². The van der Waals surface area contributed by atoms with Crippen LogP contribution in [0.15, 0.2) is 0 Å². The molecule has 26 heavy (non-hydrogen) atoms. The van der Waals surface area contributed by atoms with Crippen molar-refractivity contribution in [3.8, 4) is 0 Å². The predicted octanol–water partition coefficient (Wildman–Crippen LogP) is 2.07. The summed E-state index contributed by atoms with van der Waals surface area (Å²) in [5, 5.41) is 39.8. The van der Waals surface area contributed by atoms with Gasteiger partial charge in [-0.1, -0.05) is 0 Å². The Balaban J connectivity index is 1.33. The Morgan fingerprint density at radius 3 is 1.12 bits per heavy atom. The maximum atomic E-state index is 10.3. The topological polar surface area (TPSA) is 99.4 Å². The minimum Gasteiger partial charge on any atom is -0.393 e. The second-order valence-corrected chi connectivity index (χ2v) is 8.59. The first-order valence-corrected chi connectivity index (χ1v) is 10.5. The highest BCUT2D eigenvalue weighted by molar-refractivity contribution is 4.79. The maximum Gasteiger partial charge on any atom is 0.157 e. The van der Waals surface area contributed by atoms with Gasteiger partial charge < -0.3 is 29.9 Å². The molecular formula is C20H36O6. The smallest absolute Gasteiger partial charge is 0.157 e. The fourth-order valence-corrected chi connectivity index (χ4v) is 4.69. The van der Waals surface area contributed by atoms with Crippen molar-refractivity contribution in [1.82, 2.24) is 0 Å². The zero-order valence-electron chi connectivity index (χ0n) is 15.7. The zero-order chi connectivity index (χ0) is 18.5. The van der Waals surface area contributed by atoms with Crippen molar-refractivity contribution in [1.29, 1.82) is 0 Å². The van der Waals surface area contributed by atoms with E-state index in [2.05, 4.69) is 0 Å². The average Bonchev–Trinajstić information content (AvgIpc) is 2.64. The standard InChI is InChI=1S/C20H36O6/c21-15-5-1-13(2-6-15)19(23)25-17-9-11-18(12-10-17)26-20(24)14-3-7-16(22)8-4-14/h13-24H,1-12H2. The molecule has 2 atom stereocenters. The number of rotatable bonds is 6. The maximum absolute atomic E-state index is 10.3. The highest BCUT2D eigenvalue weighted by Crippen LogP contribution is 2.33. The van der Waals surface area contributed by atoms with E-state index in [1.54, 1.807) is 0 Å². The van der Waals surface area contributed by atoms with E-state index in [0.29, 0.717) is 0 Å². The second-order valence-electron chi connectivity index (χ2n) is 8.59. The number of ether oxygens (including phenoxy) is 2. The molecule has 0 bridgehead atoms. The third-order valence-corrected chi connectivity index (χ3v) is 6.57. The molecule has 4 N–H and O–H groups in total. The molecule has 0 amide bonds. The lowest BCUT2D eigenvalue weighted by atomic mass is 9.86. The summed E-state index contributed by atoms with van der Waals surface area (Å²) in [6.45, 7) is 0. The molecule has 0 aromatic heterocycles. The SMILES string of the molecule is OC1CCC(C(O)OC2CCC(OC(O)C3CCC(O)CC3)CC2)CC1. The molecule has 152 valence electrons. The molecule has 2 unspecified atom stereocenters. The van der Waals surface area contributed by atoms with Gasteiger partial charge in [0.1, 0.15) is 0 Å². The first-order valence-electron chi connectivity index (χ1n) is 10.5. The lowest BCUT2D eigenvalue weighted by Crippen LogP contribution is -2.37. The lowest BCUT2D eigenvalue weighted by molar-refractivity contribution is -0.206. The van der Waals surface area contributed by atoms with Crippen molar-refractivity contribution in [3.05, 3.63) is 0 Å². The van der Waals surface area contributed by atoms with Gasteiger partial charge in [-0.05, 0) is 77.0 Å². The molecule has 6 nitrogen and oxygen atoms in total. The van der Waals surface area contributed by atoms with E-state index in [9.17, 15) is 20.4 Å². The van der Waals surface area contributed by atoms with Gasteiger partial charge in [0.15, 0.2) is 12.6 Å². The van der Waals surface area contributed by atoms with Crippen LogP contribution in [0.3, 0.4) is 0 Å². The summed E-state index contributed by atoms with van der Waals surface area (Å²) < 4.78 is 11.8. The van der Waals surface area contributed by atoms with Crippen molar-refractivity contribution in [2.75, 3.05) is 0 Å². The Bertz CT molecular complexity index is 357. The van der Waals surface area contributed by atoms with Crippen molar-refractivity contribution in [2.24, 2.45) is 11.8 Å². The summed E-state index contributed by atoms with van der Waals surface area (Å²) in [4.78, 5) is 0. The van der Waals surface area contributed by atoms with E-state index in [1.807, 2.05) is 0 Å². The quantitative estimate of drug-likeness (QED) is 0.533. The van der Waals surface area contributed by atoms with Gasteiger partial charge in [0.2, 0.25) is 0 Å². The van der Waals surface area contributed by atoms with Crippen molar-refractivity contribution >= 4 is 0 Å². The third kappa shape index (κ3) is 5.88. The predicted molar refractivity (Wildman–Crippen MR) is 96.2 cm³/mol. The molecule has 0 aliphatic heterocycles. The summed E-state index contributed by atoms with van der Waals surface area (Å²) >= 11 is 0. The molecule has 0 heterocycles. The highest BCUT2D eigenvalue weighted by Gasteiger charge is 2.32. The summed E-state index contributed by atoms with van der Waals surface area (Å²) in [6, 6.07) is 0. The Hall–Kier alpha value is -0.240. The van der Waals surface area contributed by atoms with E-state index in [0.717, 1.165) is 77.0 Å². The number of aliphatic hydroxyl groups is 4. The van der Waals surface area contributed by atoms with Gasteiger partial charge in [-0.2, -0.15) is 0 Å². The minimum absolute atomic E-state index is 0.0543. The summed E-state index contributed by atoms with van der Waals surface area (Å²) in [7, 11) is 0. The zero-order valence-corrected chi connectivity index (χ0v) is 15.7. The molecular weight excluding hydrogens is 336 g/mol. The normalized spacial score (nSPS) is 41.5. The molecule has 3 aliphatic rings. The molecule has 3 fully saturated rings. The van der Waals surface area contributed by atoms with Crippen LogP contribution < -0.4 is 0 Å². The van der Waals surface area contributed by atoms with Crippen molar-refractivity contribution in [2.45, 2.75) is 114 Å². The van der Waals surface area contributed by atoms with Gasteiger partial charge >= 0.3 is 0 Å². The largest absolute Gasteiger partial charge is 0.393 e. The number of aliphatic hydroxyl groups excluding tert-OH is 4. The van der Waals surface area contributed by atoms with Crippen LogP contribution in [0.1, 0.15) is 77.0 Å². The van der Waals surface area contributed by atoms with Gasteiger partial charge in [0.25, 0.3) is 0 Å². The molecule has 3 rings (SSSR count). The van der Waals surface area contributed by atoms with Crippen LogP contribution in [0.2, 0.25) is 0 Å². The minimum atomic E-state index is -0.732. The first kappa shape index (κ1) is 20.5. The molecule has 3 aliphatic carbocycles. The molecule has 0 aromatic carbocycles. The molecule has 3 saturated carbocycles. The Morgan fingerprint density at radius 1 is 0.500 bits per heavy atom. The molecule has 0 aromatic rings. The van der Waals surface area contributed by atoms with Crippen LogP contribution in [0.4, 0.5) is 0 Å². The molecule has 0 radical (unpaired) electrons. The Labute approximate surface area is 156 Å². The van der Waals surface area contributed by atoms with E-state index in [-0.39, 0.29) is 36.3 Å². The summed E-state index contributed by atoms with van der Waals surface area (Å²) in [6.07, 6.45) is 7.87. The van der Waals surface area contributed by atoms with E-state index in [1.165, 1.54) is 0 Å². The average molecular weight is 373 g/mol. The van der Waals surface area contributed by atoms with Crippen LogP contribution in [0.25, 0.3) is 0 Å². The second kappa shape index (κ2) is 9.80. The lowest BCUT2D eigenvalue weighted by Gasteiger charge is -2.36. The number of hydrogen-bond acceptors (Lipinski definition) is 6. The number of hydrogen-bond donors (Lipinski definition) is 4. The fourth-order valence-electron chi connectivity index (χ4n) is 4.69. The fraction of sp³-hybridized carbons (Fsp3) is 1.00. The third-order valence-electron chi connectivity index (χ3n) is 6.57. The highest BCUT2D eigenvalue weighted by atomic mass is 16.6. The summed E-state index contributed by atoms with van der Waals surface area (Å²) in [5.74, 6) is 0.270. The van der Waals surface area contributed by atoms with Crippen LogP contribution in [-0.2, 0) is 9.47 Å². The summed E-state index contributed by atoms with van der Waals surface area (Å²) in [5.41, 5.74) is 0. The Morgan fingerprint density at radius 2 is 0.808 bits per heavy atom. The van der Waals surface area contributed by atoms with E-state index < -0.39 is 12.6 Å². The Kier molecular flexibility index (Phi) is 7.73. The monoisotopic (exact) mass is 372 g/mol. The van der Waals surface area contributed by atoms with E-state index >= 15 is 0 Å². The molecule has 0 saturated heterocycles. The molecule has 6 heteroatoms. The van der Waals surface area contributed by atoms with Gasteiger partial charge in [0, 0.05) is 11.8 Å². The van der Waals surface area contributed by atoms with Crippen LogP contribution in [-0.4, -0.2) is 57.4 Å². The van der Waals surface area contributed by atoms with Crippen molar-refractivity contribution in [3.63, 3.8) is 0 Å². The van der Waals surface area contributed by atoms with Gasteiger partial charge in [-0.3, -0.25) is 0 Å². The first-order chi connectivity index (χ1) is 12.5. The molecule has 0 spiro atoms. The van der Waals surface area contributed by atoms with E-state index in [4.69, 9.17) is 9.47 Å². The van der Waals surface area contributed by atoms with Gasteiger partial charge in [0.05, 0.1) is 24.4 Å². The van der Waals surface area contributed by atoms with Gasteiger partial charge in [-0.15, -0.1) is 0 Å². The van der Waals surface area contributed by atoms with Gasteiger partial charge in [-0.25, -0.2) is 0 Å².